The molecule has 0 atom stereocenters. The van der Waals surface area contributed by atoms with Gasteiger partial charge in [0.15, 0.2) is 0 Å². The zero-order valence-electron chi connectivity index (χ0n) is 8.92. The summed E-state index contributed by atoms with van der Waals surface area (Å²) in [5.41, 5.74) is 7.50. The van der Waals surface area contributed by atoms with Crippen molar-refractivity contribution in [3.05, 3.63) is 53.9 Å². The van der Waals surface area contributed by atoms with Crippen LogP contribution in [0.15, 0.2) is 42.7 Å². The molecule has 2 aromatic rings. The van der Waals surface area contributed by atoms with Gasteiger partial charge in [-0.25, -0.2) is 0 Å². The van der Waals surface area contributed by atoms with E-state index in [0.717, 1.165) is 5.56 Å². The van der Waals surface area contributed by atoms with Gasteiger partial charge in [-0.1, -0.05) is 18.2 Å². The molecule has 4 heteroatoms. The lowest BCUT2D eigenvalue weighted by Crippen LogP contribution is -2.11. The summed E-state index contributed by atoms with van der Waals surface area (Å²) >= 11 is 0. The Bertz CT molecular complexity index is 614. The second-order valence-corrected chi connectivity index (χ2v) is 3.48. The smallest absolute Gasteiger partial charge is 0.250 e. The fraction of sp³-hybridized carbons (Fsp3) is 0. The molecule has 1 amide bonds. The summed E-state index contributed by atoms with van der Waals surface area (Å²) in [6.45, 7) is 0. The number of nitriles is 1. The van der Waals surface area contributed by atoms with E-state index in [9.17, 15) is 4.79 Å². The van der Waals surface area contributed by atoms with Gasteiger partial charge in [-0.2, -0.15) is 5.26 Å². The van der Waals surface area contributed by atoms with Crippen LogP contribution in [-0.4, -0.2) is 10.9 Å². The van der Waals surface area contributed by atoms with Crippen LogP contribution < -0.4 is 5.73 Å². The second kappa shape index (κ2) is 4.45. The molecule has 1 aromatic heterocycles. The van der Waals surface area contributed by atoms with Crippen LogP contribution in [0.4, 0.5) is 0 Å². The number of hydrogen-bond acceptors (Lipinski definition) is 3. The standard InChI is InChI=1S/C13H9N3O/c14-6-9-3-1-2-4-12(9)10-5-11(13(15)17)8-16-7-10/h1-5,7-8H,(H2,15,17). The molecule has 0 bridgehead atoms. The highest BCUT2D eigenvalue weighted by molar-refractivity contribution is 5.93. The van der Waals surface area contributed by atoms with E-state index in [1.165, 1.54) is 6.20 Å². The van der Waals surface area contributed by atoms with Crippen molar-refractivity contribution in [2.75, 3.05) is 0 Å². The van der Waals surface area contributed by atoms with Gasteiger partial charge in [0.2, 0.25) is 5.91 Å². The number of rotatable bonds is 2. The first kappa shape index (κ1) is 10.8. The first-order valence-corrected chi connectivity index (χ1v) is 4.96. The maximum Gasteiger partial charge on any atom is 0.250 e. The number of aromatic nitrogens is 1. The van der Waals surface area contributed by atoms with Crippen LogP contribution in [0.2, 0.25) is 0 Å². The number of nitrogens with zero attached hydrogens (tertiary/aromatic N) is 2. The monoisotopic (exact) mass is 223 g/mol. The lowest BCUT2D eigenvalue weighted by Gasteiger charge is -2.04. The van der Waals surface area contributed by atoms with Crippen LogP contribution in [0.3, 0.4) is 0 Å². The molecule has 0 radical (unpaired) electrons. The third kappa shape index (κ3) is 2.13. The summed E-state index contributed by atoms with van der Waals surface area (Å²) in [6.07, 6.45) is 3.00. The number of amides is 1. The third-order valence-corrected chi connectivity index (χ3v) is 2.38. The zero-order chi connectivity index (χ0) is 12.3. The van der Waals surface area contributed by atoms with Crippen LogP contribution >= 0.6 is 0 Å². The Morgan fingerprint density at radius 1 is 1.29 bits per heavy atom. The summed E-state index contributed by atoms with van der Waals surface area (Å²) in [5.74, 6) is -0.534. The topological polar surface area (TPSA) is 79.8 Å². The molecule has 2 rings (SSSR count). The predicted octanol–water partition coefficient (Wildman–Crippen LogP) is 1.72. The molecule has 0 unspecified atom stereocenters. The van der Waals surface area contributed by atoms with Gasteiger partial charge in [-0.15, -0.1) is 0 Å². The molecule has 0 aliphatic heterocycles. The number of hydrogen-bond donors (Lipinski definition) is 1. The van der Waals surface area contributed by atoms with Crippen molar-refractivity contribution >= 4 is 5.91 Å². The number of benzene rings is 1. The van der Waals surface area contributed by atoms with Crippen LogP contribution in [0.5, 0.6) is 0 Å². The van der Waals surface area contributed by atoms with Crippen molar-refractivity contribution in [3.63, 3.8) is 0 Å². The van der Waals surface area contributed by atoms with Crippen molar-refractivity contribution < 1.29 is 4.79 Å². The zero-order valence-corrected chi connectivity index (χ0v) is 8.92. The van der Waals surface area contributed by atoms with Crippen molar-refractivity contribution in [1.82, 2.24) is 4.98 Å². The normalized spacial score (nSPS) is 9.59. The van der Waals surface area contributed by atoms with Gasteiger partial charge >= 0.3 is 0 Å². The molecule has 1 heterocycles. The predicted molar refractivity (Wildman–Crippen MR) is 62.9 cm³/mol. The molecular formula is C13H9N3O. The summed E-state index contributed by atoms with van der Waals surface area (Å²) in [6, 6.07) is 10.9. The molecule has 0 spiro atoms. The molecule has 82 valence electrons. The van der Waals surface area contributed by atoms with Crippen molar-refractivity contribution in [2.45, 2.75) is 0 Å². The van der Waals surface area contributed by atoms with Crippen LogP contribution in [0.1, 0.15) is 15.9 Å². The minimum absolute atomic E-state index is 0.329. The molecule has 0 saturated heterocycles. The number of nitrogens with two attached hydrogens (primary N) is 1. The van der Waals surface area contributed by atoms with E-state index in [2.05, 4.69) is 11.1 Å². The van der Waals surface area contributed by atoms with Crippen molar-refractivity contribution in [2.24, 2.45) is 5.73 Å². The van der Waals surface area contributed by atoms with E-state index in [1.54, 1.807) is 30.5 Å². The van der Waals surface area contributed by atoms with Gasteiger partial charge in [0.1, 0.15) is 0 Å². The number of carbonyl (C=O) groups excluding carboxylic acids is 1. The lowest BCUT2D eigenvalue weighted by molar-refractivity contribution is 0.1000. The lowest BCUT2D eigenvalue weighted by atomic mass is 10.0. The van der Waals surface area contributed by atoms with E-state index in [4.69, 9.17) is 11.0 Å². The van der Waals surface area contributed by atoms with Crippen molar-refractivity contribution in [3.8, 4) is 17.2 Å². The highest BCUT2D eigenvalue weighted by atomic mass is 16.1. The Morgan fingerprint density at radius 3 is 2.76 bits per heavy atom. The molecule has 0 aliphatic rings. The number of primary amides is 1. The molecule has 2 N–H and O–H groups in total. The van der Waals surface area contributed by atoms with Crippen molar-refractivity contribution in [1.29, 1.82) is 5.26 Å². The summed E-state index contributed by atoms with van der Waals surface area (Å²) < 4.78 is 0. The van der Waals surface area contributed by atoms with Crippen LogP contribution in [0.25, 0.3) is 11.1 Å². The minimum Gasteiger partial charge on any atom is -0.366 e. The molecule has 0 fully saturated rings. The second-order valence-electron chi connectivity index (χ2n) is 3.48. The maximum absolute atomic E-state index is 11.1. The molecule has 0 aliphatic carbocycles. The Morgan fingerprint density at radius 2 is 2.06 bits per heavy atom. The number of carbonyl (C=O) groups is 1. The number of pyridine rings is 1. The first-order valence-electron chi connectivity index (χ1n) is 4.96. The molecule has 1 aromatic carbocycles. The van der Waals surface area contributed by atoms with Gasteiger partial charge in [-0.3, -0.25) is 9.78 Å². The molecule has 0 saturated carbocycles. The van der Waals surface area contributed by atoms with Crippen LogP contribution in [-0.2, 0) is 0 Å². The fourth-order valence-corrected chi connectivity index (χ4v) is 1.55. The third-order valence-electron chi connectivity index (χ3n) is 2.38. The minimum atomic E-state index is -0.534. The highest BCUT2D eigenvalue weighted by Gasteiger charge is 2.07. The molecular weight excluding hydrogens is 214 g/mol. The SMILES string of the molecule is N#Cc1ccccc1-c1cncc(C(N)=O)c1. The van der Waals surface area contributed by atoms with Crippen LogP contribution in [0, 0.1) is 11.3 Å². The van der Waals surface area contributed by atoms with E-state index in [1.807, 2.05) is 6.07 Å². The van der Waals surface area contributed by atoms with E-state index in [-0.39, 0.29) is 0 Å². The van der Waals surface area contributed by atoms with E-state index < -0.39 is 5.91 Å². The van der Waals surface area contributed by atoms with Gasteiger partial charge in [-0.05, 0) is 12.1 Å². The van der Waals surface area contributed by atoms with E-state index in [0.29, 0.717) is 16.7 Å². The molecule has 17 heavy (non-hydrogen) atoms. The summed E-state index contributed by atoms with van der Waals surface area (Å²) in [7, 11) is 0. The maximum atomic E-state index is 11.1. The Labute approximate surface area is 98.3 Å². The quantitative estimate of drug-likeness (QED) is 0.841. The largest absolute Gasteiger partial charge is 0.366 e. The van der Waals surface area contributed by atoms with Gasteiger partial charge in [0.05, 0.1) is 17.2 Å². The summed E-state index contributed by atoms with van der Waals surface area (Å²) in [5, 5.41) is 9.00. The van der Waals surface area contributed by atoms with Gasteiger partial charge in [0.25, 0.3) is 0 Å². The summed E-state index contributed by atoms with van der Waals surface area (Å²) in [4.78, 5) is 15.0. The Kier molecular flexibility index (Phi) is 2.84. The molecule has 4 nitrogen and oxygen atoms in total. The van der Waals surface area contributed by atoms with E-state index >= 15 is 0 Å². The highest BCUT2D eigenvalue weighted by Crippen LogP contribution is 2.22. The Hall–Kier alpha value is -2.67. The fourth-order valence-electron chi connectivity index (χ4n) is 1.55. The van der Waals surface area contributed by atoms with Gasteiger partial charge in [0, 0.05) is 23.5 Å². The first-order chi connectivity index (χ1) is 8.22. The average Bonchev–Trinajstić information content (AvgIpc) is 2.39. The average molecular weight is 223 g/mol. The van der Waals surface area contributed by atoms with Gasteiger partial charge < -0.3 is 5.73 Å². The Balaban J connectivity index is 2.57.